The van der Waals surface area contributed by atoms with E-state index in [1.807, 2.05) is 0 Å². The SMILES string of the molecule is CSCC[C@H](NC(=O)[C@H](CC(C)C)NC(=O)[C@H](Cc1c[nH]cn1)NC(=O)CNC(=O)[C@@H](NC(=O)[C@H](C)NC(=O)[C@H](Cc1c[nH]c2ccccc12)NC(=O)[C@H](CCC(N)=O)NC(=O)[C@H](CC(N)=O)NC(=O)CNC(=O)[C@H](CC(C)C)NC(=O)[C@H](CCCNC(=N)N)NC(=O)[C@H](CCC(N)=O)NC(=O)[C@H](CCCCNc1ccc([N+](=O)[O-])c2onnc12)NC(=O)[C@@H]1CCC(=O)N1)C(C)C)C(=O)O. The molecule has 1 fully saturated rings. The Morgan fingerprint density at radius 2 is 1.09 bits per heavy atom. The number of unbranched alkanes of at least 4 members (excludes halogenated alkanes) is 1. The number of nitrogens with one attached hydrogen (secondary N) is 20. The molecule has 29 N–H and O–H groups in total. The van der Waals surface area contributed by atoms with Crippen LogP contribution >= 0.6 is 11.8 Å². The molecule has 0 unspecified atom stereocenters. The minimum atomic E-state index is -1.95. The van der Waals surface area contributed by atoms with Crippen molar-refractivity contribution in [2.45, 2.75) is 236 Å². The number of carbonyl (C=O) groups is 19. The normalized spacial score (nSPS) is 15.0. The molecule has 0 bridgehead atoms. The first-order valence-electron chi connectivity index (χ1n) is 43.7. The molecule has 51 nitrogen and oxygen atoms in total. The Hall–Kier alpha value is -14.7. The van der Waals surface area contributed by atoms with Gasteiger partial charge in [0.1, 0.15) is 78.5 Å². The zero-order chi connectivity index (χ0) is 99.9. The molecular weight excluding hydrogens is 1790 g/mol. The number of aliphatic carboxylic acids is 1. The van der Waals surface area contributed by atoms with E-state index in [0.29, 0.717) is 40.0 Å². The van der Waals surface area contributed by atoms with Crippen molar-refractivity contribution in [1.29, 1.82) is 5.41 Å². The van der Waals surface area contributed by atoms with Crippen LogP contribution in [0.2, 0.25) is 0 Å². The highest BCUT2D eigenvalue weighted by molar-refractivity contribution is 7.98. The third kappa shape index (κ3) is 36.8. The van der Waals surface area contributed by atoms with Crippen LogP contribution in [0.25, 0.3) is 22.0 Å². The Morgan fingerprint density at radius 3 is 1.64 bits per heavy atom. The molecule has 0 spiro atoms. The van der Waals surface area contributed by atoms with Crippen LogP contribution < -0.4 is 113 Å². The van der Waals surface area contributed by atoms with E-state index in [-0.39, 0.29) is 106 Å². The lowest BCUT2D eigenvalue weighted by Crippen LogP contribution is -2.60. The zero-order valence-electron chi connectivity index (χ0n) is 75.9. The maximum absolute atomic E-state index is 14.7. The number of benzene rings is 2. The van der Waals surface area contributed by atoms with E-state index < -0.39 is 259 Å². The van der Waals surface area contributed by atoms with Crippen molar-refractivity contribution in [2.75, 3.05) is 43.5 Å². The van der Waals surface area contributed by atoms with Gasteiger partial charge in [-0.1, -0.05) is 59.7 Å². The maximum Gasteiger partial charge on any atom is 0.326 e. The number of para-hydroxylation sites is 1. The molecule has 13 atom stereocenters. The topological polar surface area (TPSA) is 804 Å². The number of thioether (sulfide) groups is 1. The predicted octanol–water partition coefficient (Wildman–Crippen LogP) is -4.99. The summed E-state index contributed by atoms with van der Waals surface area (Å²) in [4.78, 5) is 281. The summed E-state index contributed by atoms with van der Waals surface area (Å²) in [5.41, 5.74) is 23.3. The minimum absolute atomic E-state index is 0.00326. The third-order valence-corrected chi connectivity index (χ3v) is 21.8. The Labute approximate surface area is 778 Å². The van der Waals surface area contributed by atoms with Gasteiger partial charge < -0.3 is 133 Å². The summed E-state index contributed by atoms with van der Waals surface area (Å²) < 4.78 is 4.99. The molecule has 135 heavy (non-hydrogen) atoms. The first-order chi connectivity index (χ1) is 63.9. The van der Waals surface area contributed by atoms with E-state index in [2.05, 4.69) is 116 Å². The van der Waals surface area contributed by atoms with Crippen LogP contribution in [0, 0.1) is 33.3 Å². The van der Waals surface area contributed by atoms with Crippen molar-refractivity contribution in [3.8, 4) is 0 Å². The van der Waals surface area contributed by atoms with Gasteiger partial charge in [-0.2, -0.15) is 11.8 Å². The van der Waals surface area contributed by atoms with Gasteiger partial charge >= 0.3 is 11.7 Å². The molecule has 0 aliphatic carbocycles. The fourth-order valence-electron chi connectivity index (χ4n) is 14.1. The summed E-state index contributed by atoms with van der Waals surface area (Å²) in [5, 5.41) is 80.0. The van der Waals surface area contributed by atoms with Gasteiger partial charge in [-0.3, -0.25) is 102 Å². The number of fused-ring (bicyclic) bond motifs is 2. The number of carboxylic acid groups (broad SMARTS) is 1. The number of amides is 18. The number of carboxylic acids is 1. The fraction of sp³-hybridized carbons (Fsp3) is 0.554. The van der Waals surface area contributed by atoms with Gasteiger partial charge in [0.25, 0.3) is 5.58 Å². The van der Waals surface area contributed by atoms with Crippen molar-refractivity contribution in [2.24, 2.45) is 40.7 Å². The minimum Gasteiger partial charge on any atom is -0.480 e. The molecule has 1 aliphatic rings. The number of aromatic nitrogens is 5. The highest BCUT2D eigenvalue weighted by Crippen LogP contribution is 2.30. The number of carbonyl (C=O) groups excluding carboxylic acids is 18. The number of primary amides is 3. The zero-order valence-corrected chi connectivity index (χ0v) is 76.7. The van der Waals surface area contributed by atoms with Gasteiger partial charge in [-0.25, -0.2) is 9.78 Å². The Morgan fingerprint density at radius 1 is 0.563 bits per heavy atom. The standard InChI is InChI=1S/C83H122N28O23S/c1-40(2)30-55(105-73(121)50(17-13-28-91-83(87)88)101-75(123)52(19-23-61(84)112)102-72(120)49(100-74(122)51-21-25-64(115)97-51)16-11-12-27-90-48-18-22-60(111(132)133)69-68(48)109-110-134-69)71(119)93-37-65(116)99-59(34-63(86)114)80(128)103-53(20-24-62(85)113)76(124)107-57(32-44-35-92-47-15-10-9-14-46(44)47)77(125)96-43(7)70(118)108-67(42(5)6)81(129)94-38-66(117)98-58(33-45-36-89-39-95-45)79(127)106-56(31-41(3)4)78(126)104-54(82(130)131)26-29-135-8/h9-10,14-15,18,22,35-36,39-43,49-59,67,90,92H,11-13,16-17,19-21,23-34,37-38H2,1-8H3,(H2,84,112)(H2,85,113)(H2,86,114)(H,89,95)(H,93,119)(H,94,129)(H,96,125)(H,97,115)(H,98,117)(H,99,116)(H,100,122)(H,101,123)(H,102,120)(H,103,128)(H,104,126)(H,105,121)(H,106,127)(H,107,124)(H,108,118)(H,130,131)(H4,87,88,91)/t43-,49-,50-,51-,52-,53-,54-,55-,56-,57-,58-,59-,67-/m0/s1. The lowest BCUT2D eigenvalue weighted by molar-refractivity contribution is -0.383. The van der Waals surface area contributed by atoms with Gasteiger partial charge in [0.2, 0.25) is 106 Å². The number of imidazole rings is 1. The molecule has 3 aromatic heterocycles. The quantitative estimate of drug-likeness (QED) is 0.00570. The lowest BCUT2D eigenvalue weighted by atomic mass is 10.0. The number of nitro benzene ring substituents is 1. The first-order valence-corrected chi connectivity index (χ1v) is 45.1. The number of non-ortho nitro benzene ring substituents is 1. The average Bonchev–Trinajstić information content (AvgIpc) is 1.67. The molecule has 4 heterocycles. The molecule has 1 saturated heterocycles. The molecule has 1 aliphatic heterocycles. The lowest BCUT2D eigenvalue weighted by Gasteiger charge is -2.27. The Balaban J connectivity index is 1.13. The van der Waals surface area contributed by atoms with Crippen molar-refractivity contribution in [1.82, 2.24) is 110 Å². The maximum atomic E-state index is 14.7. The molecule has 6 rings (SSSR count). The second-order valence-corrected chi connectivity index (χ2v) is 34.4. The van der Waals surface area contributed by atoms with Crippen molar-refractivity contribution < 1.29 is 106 Å². The first kappa shape index (κ1) is 109. The van der Waals surface area contributed by atoms with Crippen LogP contribution in [0.3, 0.4) is 0 Å². The number of guanidine groups is 1. The monoisotopic (exact) mass is 1910 g/mol. The van der Waals surface area contributed by atoms with Gasteiger partial charge in [0.05, 0.1) is 42.1 Å². The highest BCUT2D eigenvalue weighted by atomic mass is 32.2. The van der Waals surface area contributed by atoms with Crippen molar-refractivity contribution in [3.63, 3.8) is 0 Å². The average molecular weight is 1910 g/mol. The number of aromatic amines is 2. The molecule has 52 heteroatoms. The van der Waals surface area contributed by atoms with Crippen LogP contribution in [0.1, 0.15) is 156 Å². The number of H-pyrrole nitrogens is 2. The summed E-state index contributed by atoms with van der Waals surface area (Å²) in [6.07, 6.45) is 2.73. The largest absolute Gasteiger partial charge is 0.480 e. The second kappa shape index (κ2) is 54.4. The van der Waals surface area contributed by atoms with E-state index >= 15 is 0 Å². The van der Waals surface area contributed by atoms with E-state index in [0.717, 1.165) is 0 Å². The number of anilines is 1. The molecular formula is C83H122N28O23S. The molecule has 738 valence electrons. The Bertz CT molecular complexity index is 5050. The van der Waals surface area contributed by atoms with Gasteiger partial charge in [0.15, 0.2) is 11.5 Å². The van der Waals surface area contributed by atoms with Crippen LogP contribution in [-0.4, -0.2) is 270 Å². The van der Waals surface area contributed by atoms with Gasteiger partial charge in [-0.05, 0) is 125 Å². The molecule has 0 radical (unpaired) electrons. The van der Waals surface area contributed by atoms with Crippen LogP contribution in [0.15, 0.2) is 59.6 Å². The Kier molecular flexibility index (Phi) is 43.9. The highest BCUT2D eigenvalue weighted by Gasteiger charge is 2.39. The van der Waals surface area contributed by atoms with Crippen molar-refractivity contribution >= 4 is 163 Å². The molecule has 2 aromatic carbocycles. The number of nitrogens with zero attached hydrogens (tertiary/aromatic N) is 4. The molecule has 18 amide bonds. The summed E-state index contributed by atoms with van der Waals surface area (Å²) in [7, 11) is 0. The van der Waals surface area contributed by atoms with E-state index in [4.69, 9.17) is 32.9 Å². The number of hydrogen-bond donors (Lipinski definition) is 25. The number of rotatable bonds is 60. The fourth-order valence-corrected chi connectivity index (χ4v) is 14.6. The summed E-state index contributed by atoms with van der Waals surface area (Å²) >= 11 is 1.37. The van der Waals surface area contributed by atoms with Crippen LogP contribution in [-0.2, 0) is 104 Å². The number of nitro groups is 1. The summed E-state index contributed by atoms with van der Waals surface area (Å²) in [5.74, 6) is -19.9. The van der Waals surface area contributed by atoms with Gasteiger partial charge in [-0.15, -0.1) is 5.10 Å². The van der Waals surface area contributed by atoms with Crippen LogP contribution in [0.4, 0.5) is 11.4 Å². The van der Waals surface area contributed by atoms with Crippen LogP contribution in [0.5, 0.6) is 0 Å². The second-order valence-electron chi connectivity index (χ2n) is 33.4. The summed E-state index contributed by atoms with van der Waals surface area (Å²) in [6, 6.07) is -10.0. The number of nitrogens with two attached hydrogens (primary N) is 4. The van der Waals surface area contributed by atoms with E-state index in [1.165, 1.54) is 43.3 Å². The summed E-state index contributed by atoms with van der Waals surface area (Å²) in [6.45, 7) is 9.66. The predicted molar refractivity (Wildman–Crippen MR) is 485 cm³/mol. The van der Waals surface area contributed by atoms with E-state index in [1.54, 1.807) is 78.3 Å². The third-order valence-electron chi connectivity index (χ3n) is 21.2. The van der Waals surface area contributed by atoms with Crippen molar-refractivity contribution in [3.05, 3.63) is 76.5 Å². The number of hydrogen-bond acceptors (Lipinski definition) is 28. The smallest absolute Gasteiger partial charge is 0.326 e. The molecule has 0 saturated carbocycles. The molecule has 5 aromatic rings. The van der Waals surface area contributed by atoms with Gasteiger partial charge in [0, 0.05) is 79.8 Å². The van der Waals surface area contributed by atoms with E-state index in [9.17, 15) is 106 Å².